The van der Waals surface area contributed by atoms with E-state index in [1.54, 1.807) is 24.9 Å². The SMILES string of the molecule is CCC(C)(C(=O)Nc1cn(C)nc1C)C(N)=S. The molecule has 17 heavy (non-hydrogen) atoms. The van der Waals surface area contributed by atoms with Gasteiger partial charge < -0.3 is 11.1 Å². The van der Waals surface area contributed by atoms with Gasteiger partial charge in [-0.05, 0) is 20.3 Å². The number of carbonyl (C=O) groups is 1. The number of thiocarbonyl (C=S) groups is 1. The summed E-state index contributed by atoms with van der Waals surface area (Å²) in [6, 6.07) is 0. The van der Waals surface area contributed by atoms with E-state index in [0.717, 1.165) is 5.69 Å². The second-order valence-corrected chi connectivity index (χ2v) is 4.75. The van der Waals surface area contributed by atoms with Crippen LogP contribution in [0.1, 0.15) is 26.0 Å². The zero-order chi connectivity index (χ0) is 13.2. The van der Waals surface area contributed by atoms with Crippen molar-refractivity contribution in [2.45, 2.75) is 27.2 Å². The van der Waals surface area contributed by atoms with Crippen molar-refractivity contribution < 1.29 is 4.79 Å². The van der Waals surface area contributed by atoms with Crippen LogP contribution in [0.15, 0.2) is 6.20 Å². The van der Waals surface area contributed by atoms with Crippen LogP contribution in [0.3, 0.4) is 0 Å². The summed E-state index contributed by atoms with van der Waals surface area (Å²) in [5.41, 5.74) is 6.26. The Morgan fingerprint density at radius 1 is 1.71 bits per heavy atom. The summed E-state index contributed by atoms with van der Waals surface area (Å²) in [7, 11) is 1.80. The van der Waals surface area contributed by atoms with E-state index in [4.69, 9.17) is 18.0 Å². The van der Waals surface area contributed by atoms with Crippen LogP contribution in [0, 0.1) is 12.3 Å². The van der Waals surface area contributed by atoms with Crippen molar-refractivity contribution in [3.05, 3.63) is 11.9 Å². The van der Waals surface area contributed by atoms with Gasteiger partial charge in [0.2, 0.25) is 5.91 Å². The third-order valence-corrected chi connectivity index (χ3v) is 3.46. The maximum atomic E-state index is 12.2. The normalized spacial score (nSPS) is 14.1. The number of anilines is 1. The second-order valence-electron chi connectivity index (χ2n) is 4.31. The fourth-order valence-corrected chi connectivity index (χ4v) is 1.67. The van der Waals surface area contributed by atoms with Gasteiger partial charge in [0.15, 0.2) is 0 Å². The molecule has 1 atom stereocenters. The zero-order valence-electron chi connectivity index (χ0n) is 10.6. The number of aromatic nitrogens is 2. The Hall–Kier alpha value is -1.43. The summed E-state index contributed by atoms with van der Waals surface area (Å²) in [6.45, 7) is 5.46. The Bertz CT molecular complexity index is 454. The number of hydrogen-bond acceptors (Lipinski definition) is 3. The van der Waals surface area contributed by atoms with Gasteiger partial charge in [-0.25, -0.2) is 0 Å². The smallest absolute Gasteiger partial charge is 0.237 e. The Balaban J connectivity index is 2.92. The van der Waals surface area contributed by atoms with Crippen molar-refractivity contribution in [2.24, 2.45) is 18.2 Å². The van der Waals surface area contributed by atoms with Crippen LogP contribution in [0.5, 0.6) is 0 Å². The molecule has 6 heteroatoms. The molecule has 1 unspecified atom stereocenters. The predicted octanol–water partition coefficient (Wildman–Crippen LogP) is 1.37. The van der Waals surface area contributed by atoms with Crippen LogP contribution < -0.4 is 11.1 Å². The lowest BCUT2D eigenvalue weighted by molar-refractivity contribution is -0.121. The van der Waals surface area contributed by atoms with E-state index in [9.17, 15) is 4.79 Å². The standard InChI is InChI=1S/C11H18N4OS/c1-5-11(3,9(12)17)10(16)13-8-6-15(4)14-7(8)2/h6H,5H2,1-4H3,(H2,12,17)(H,13,16). The topological polar surface area (TPSA) is 72.9 Å². The average Bonchev–Trinajstić information content (AvgIpc) is 2.55. The fraction of sp³-hybridized carbons (Fsp3) is 0.545. The van der Waals surface area contributed by atoms with Gasteiger partial charge in [0.05, 0.1) is 21.8 Å². The molecule has 0 aliphatic heterocycles. The van der Waals surface area contributed by atoms with Gasteiger partial charge in [-0.1, -0.05) is 19.1 Å². The van der Waals surface area contributed by atoms with Crippen LogP contribution in [0.25, 0.3) is 0 Å². The lowest BCUT2D eigenvalue weighted by Gasteiger charge is -2.25. The van der Waals surface area contributed by atoms with Crippen molar-refractivity contribution in [2.75, 3.05) is 5.32 Å². The Kier molecular flexibility index (Phi) is 3.87. The van der Waals surface area contributed by atoms with Crippen molar-refractivity contribution >= 4 is 28.8 Å². The summed E-state index contributed by atoms with van der Waals surface area (Å²) in [5.74, 6) is -0.191. The number of nitrogens with one attached hydrogen (secondary N) is 1. The average molecular weight is 254 g/mol. The summed E-state index contributed by atoms with van der Waals surface area (Å²) >= 11 is 4.96. The first-order chi connectivity index (χ1) is 7.81. The third kappa shape index (κ3) is 2.63. The molecule has 1 rings (SSSR count). The quantitative estimate of drug-likeness (QED) is 0.796. The Morgan fingerprint density at radius 3 is 2.65 bits per heavy atom. The minimum atomic E-state index is -0.822. The molecule has 0 aliphatic rings. The van der Waals surface area contributed by atoms with Gasteiger partial charge in [0, 0.05) is 13.2 Å². The predicted molar refractivity (Wildman–Crippen MR) is 71.8 cm³/mol. The molecule has 0 bridgehead atoms. The van der Waals surface area contributed by atoms with Gasteiger partial charge in [-0.2, -0.15) is 5.10 Å². The van der Waals surface area contributed by atoms with Crippen LogP contribution in [0.4, 0.5) is 5.69 Å². The molecule has 0 radical (unpaired) electrons. The molecule has 0 aromatic carbocycles. The van der Waals surface area contributed by atoms with Crippen molar-refractivity contribution in [3.63, 3.8) is 0 Å². The number of carbonyl (C=O) groups excluding carboxylic acids is 1. The number of amides is 1. The first-order valence-corrected chi connectivity index (χ1v) is 5.83. The summed E-state index contributed by atoms with van der Waals surface area (Å²) in [6.07, 6.45) is 2.32. The van der Waals surface area contributed by atoms with Crippen molar-refractivity contribution in [3.8, 4) is 0 Å². The summed E-state index contributed by atoms with van der Waals surface area (Å²) < 4.78 is 1.65. The molecule has 3 N–H and O–H groups in total. The second kappa shape index (κ2) is 4.83. The van der Waals surface area contributed by atoms with Gasteiger partial charge in [-0.3, -0.25) is 9.48 Å². The lowest BCUT2D eigenvalue weighted by Crippen LogP contribution is -2.43. The van der Waals surface area contributed by atoms with E-state index in [1.165, 1.54) is 0 Å². The molecule has 1 aromatic rings. The van der Waals surface area contributed by atoms with Gasteiger partial charge in [-0.15, -0.1) is 0 Å². The first-order valence-electron chi connectivity index (χ1n) is 5.43. The number of nitrogens with zero attached hydrogens (tertiary/aromatic N) is 2. The molecule has 5 nitrogen and oxygen atoms in total. The molecule has 0 fully saturated rings. The molecular weight excluding hydrogens is 236 g/mol. The highest BCUT2D eigenvalue weighted by Gasteiger charge is 2.34. The van der Waals surface area contributed by atoms with Gasteiger partial charge in [0.1, 0.15) is 0 Å². The fourth-order valence-electron chi connectivity index (χ4n) is 1.43. The van der Waals surface area contributed by atoms with Gasteiger partial charge >= 0.3 is 0 Å². The number of nitrogens with two attached hydrogens (primary N) is 1. The monoisotopic (exact) mass is 254 g/mol. The minimum absolute atomic E-state index is 0.191. The van der Waals surface area contributed by atoms with Crippen LogP contribution in [0.2, 0.25) is 0 Å². The molecule has 0 saturated carbocycles. The van der Waals surface area contributed by atoms with Crippen molar-refractivity contribution in [1.82, 2.24) is 9.78 Å². The Morgan fingerprint density at radius 2 is 2.29 bits per heavy atom. The molecule has 0 saturated heterocycles. The maximum Gasteiger partial charge on any atom is 0.237 e. The number of rotatable bonds is 4. The Labute approximate surface area is 106 Å². The number of hydrogen-bond donors (Lipinski definition) is 2. The maximum absolute atomic E-state index is 12.2. The van der Waals surface area contributed by atoms with Crippen LogP contribution in [-0.2, 0) is 11.8 Å². The van der Waals surface area contributed by atoms with E-state index >= 15 is 0 Å². The van der Waals surface area contributed by atoms with E-state index < -0.39 is 5.41 Å². The van der Waals surface area contributed by atoms with E-state index in [1.807, 2.05) is 13.8 Å². The van der Waals surface area contributed by atoms with E-state index in [0.29, 0.717) is 12.1 Å². The van der Waals surface area contributed by atoms with Crippen LogP contribution >= 0.6 is 12.2 Å². The highest BCUT2D eigenvalue weighted by molar-refractivity contribution is 7.80. The minimum Gasteiger partial charge on any atom is -0.392 e. The van der Waals surface area contributed by atoms with Crippen LogP contribution in [-0.4, -0.2) is 20.7 Å². The zero-order valence-corrected chi connectivity index (χ0v) is 11.4. The molecule has 0 aliphatic carbocycles. The molecule has 1 aromatic heterocycles. The highest BCUT2D eigenvalue weighted by Crippen LogP contribution is 2.24. The highest BCUT2D eigenvalue weighted by atomic mass is 32.1. The summed E-state index contributed by atoms with van der Waals surface area (Å²) in [4.78, 5) is 12.4. The number of aryl methyl sites for hydroxylation is 2. The molecule has 0 spiro atoms. The molecule has 1 heterocycles. The molecular formula is C11H18N4OS. The third-order valence-electron chi connectivity index (χ3n) is 3.01. The lowest BCUT2D eigenvalue weighted by atomic mass is 9.86. The largest absolute Gasteiger partial charge is 0.392 e. The molecule has 94 valence electrons. The first kappa shape index (κ1) is 13.6. The van der Waals surface area contributed by atoms with E-state index in [-0.39, 0.29) is 10.9 Å². The molecule has 1 amide bonds. The van der Waals surface area contributed by atoms with Gasteiger partial charge in [0.25, 0.3) is 0 Å². The summed E-state index contributed by atoms with van der Waals surface area (Å²) in [5, 5.41) is 6.97. The van der Waals surface area contributed by atoms with Crippen molar-refractivity contribution in [1.29, 1.82) is 0 Å². The van der Waals surface area contributed by atoms with E-state index in [2.05, 4.69) is 10.4 Å².